The van der Waals surface area contributed by atoms with Gasteiger partial charge < -0.3 is 15.4 Å². The monoisotopic (exact) mass is 316 g/mol. The number of benzene rings is 1. The van der Waals surface area contributed by atoms with E-state index in [-0.39, 0.29) is 18.1 Å². The molecule has 1 fully saturated rings. The van der Waals surface area contributed by atoms with E-state index in [0.717, 1.165) is 18.4 Å². The number of carbonyl (C=O) groups excluding carboxylic acids is 1. The number of nitrogens with two attached hydrogens (primary N) is 1. The number of carbonyl (C=O) groups is 1. The smallest absolute Gasteiger partial charge is 0.251 e. The second-order valence-corrected chi connectivity index (χ2v) is 5.83. The highest BCUT2D eigenvalue weighted by Gasteiger charge is 2.31. The van der Waals surface area contributed by atoms with E-state index in [1.54, 1.807) is 24.1 Å². The molecular formula is C14H18Cl2N2O2. The lowest BCUT2D eigenvalue weighted by Gasteiger charge is -2.22. The van der Waals surface area contributed by atoms with Crippen LogP contribution in [0.4, 0.5) is 0 Å². The fraction of sp³-hybridized carbons (Fsp3) is 0.500. The van der Waals surface area contributed by atoms with Crippen molar-refractivity contribution >= 4 is 29.1 Å². The zero-order valence-corrected chi connectivity index (χ0v) is 12.8. The molecule has 1 aromatic carbocycles. The number of hydrogen-bond donors (Lipinski definition) is 1. The van der Waals surface area contributed by atoms with E-state index in [0.29, 0.717) is 23.1 Å². The first-order chi connectivity index (χ1) is 9.51. The first-order valence-corrected chi connectivity index (χ1v) is 7.31. The van der Waals surface area contributed by atoms with Gasteiger partial charge in [-0.3, -0.25) is 4.79 Å². The molecule has 0 spiro atoms. The van der Waals surface area contributed by atoms with Crippen LogP contribution in [0.3, 0.4) is 0 Å². The highest BCUT2D eigenvalue weighted by molar-refractivity contribution is 6.35. The lowest BCUT2D eigenvalue weighted by molar-refractivity contribution is -0.141. The first-order valence-electron chi connectivity index (χ1n) is 6.55. The molecular weight excluding hydrogens is 299 g/mol. The molecule has 110 valence electrons. The molecule has 0 radical (unpaired) electrons. The van der Waals surface area contributed by atoms with Crippen molar-refractivity contribution in [1.82, 2.24) is 4.90 Å². The molecule has 0 aliphatic carbocycles. The van der Waals surface area contributed by atoms with Crippen molar-refractivity contribution < 1.29 is 9.53 Å². The number of ether oxygens (including phenoxy) is 1. The third-order valence-corrected chi connectivity index (χ3v) is 4.03. The summed E-state index contributed by atoms with van der Waals surface area (Å²) in [7, 11) is 1.74. The molecule has 1 amide bonds. The van der Waals surface area contributed by atoms with Gasteiger partial charge in [0.25, 0.3) is 5.91 Å². The van der Waals surface area contributed by atoms with Gasteiger partial charge in [-0.05, 0) is 30.5 Å². The van der Waals surface area contributed by atoms with Gasteiger partial charge in [-0.1, -0.05) is 29.3 Å². The minimum Gasteiger partial charge on any atom is -0.364 e. The van der Waals surface area contributed by atoms with E-state index in [1.807, 2.05) is 6.07 Å². The Morgan fingerprint density at radius 3 is 2.80 bits per heavy atom. The van der Waals surface area contributed by atoms with E-state index < -0.39 is 0 Å². The van der Waals surface area contributed by atoms with Crippen LogP contribution in [0.5, 0.6) is 0 Å². The van der Waals surface area contributed by atoms with E-state index in [9.17, 15) is 4.79 Å². The van der Waals surface area contributed by atoms with Gasteiger partial charge in [-0.15, -0.1) is 0 Å². The van der Waals surface area contributed by atoms with Crippen molar-refractivity contribution in [3.8, 4) is 0 Å². The van der Waals surface area contributed by atoms with E-state index in [2.05, 4.69) is 0 Å². The minimum atomic E-state index is -0.389. The maximum absolute atomic E-state index is 12.3. The summed E-state index contributed by atoms with van der Waals surface area (Å²) in [6.07, 6.45) is 1.16. The lowest BCUT2D eigenvalue weighted by Crippen LogP contribution is -2.36. The summed E-state index contributed by atoms with van der Waals surface area (Å²) < 4.78 is 5.61. The second kappa shape index (κ2) is 6.76. The number of likely N-dealkylation sites (N-methyl/N-ethyl adjacent to an activating group) is 1. The third kappa shape index (κ3) is 3.64. The molecule has 1 saturated heterocycles. The topological polar surface area (TPSA) is 55.6 Å². The van der Waals surface area contributed by atoms with E-state index in [1.165, 1.54) is 0 Å². The number of amides is 1. The predicted molar refractivity (Wildman–Crippen MR) is 79.9 cm³/mol. The Labute approximate surface area is 128 Å². The van der Waals surface area contributed by atoms with Gasteiger partial charge in [0.2, 0.25) is 0 Å². The number of nitrogens with zero attached hydrogens (tertiary/aromatic N) is 1. The van der Waals surface area contributed by atoms with Crippen LogP contribution in [0.15, 0.2) is 18.2 Å². The molecule has 0 aromatic heterocycles. The number of hydrogen-bond acceptors (Lipinski definition) is 3. The molecule has 1 aliphatic rings. The van der Waals surface area contributed by atoms with Gasteiger partial charge in [0, 0.05) is 30.2 Å². The van der Waals surface area contributed by atoms with Gasteiger partial charge in [-0.25, -0.2) is 0 Å². The Morgan fingerprint density at radius 2 is 2.20 bits per heavy atom. The quantitative estimate of drug-likeness (QED) is 0.928. The maximum atomic E-state index is 12.3. The summed E-state index contributed by atoms with van der Waals surface area (Å²) in [6.45, 7) is 0.887. The molecule has 2 unspecified atom stereocenters. The van der Waals surface area contributed by atoms with Gasteiger partial charge in [0.15, 0.2) is 0 Å². The Kier molecular flexibility index (Phi) is 5.27. The Bertz CT molecular complexity index is 496. The summed E-state index contributed by atoms with van der Waals surface area (Å²) in [5, 5.41) is 1.14. The molecule has 2 atom stereocenters. The molecule has 1 aliphatic heterocycles. The Hall–Kier alpha value is -0.810. The van der Waals surface area contributed by atoms with Crippen LogP contribution in [-0.4, -0.2) is 36.6 Å². The summed E-state index contributed by atoms with van der Waals surface area (Å²) in [6, 6.07) is 5.26. The molecule has 1 heterocycles. The van der Waals surface area contributed by atoms with E-state index >= 15 is 0 Å². The van der Waals surface area contributed by atoms with Crippen molar-refractivity contribution in [2.24, 2.45) is 5.73 Å². The van der Waals surface area contributed by atoms with Gasteiger partial charge in [0.05, 0.1) is 6.10 Å². The van der Waals surface area contributed by atoms with Crippen molar-refractivity contribution in [3.05, 3.63) is 33.8 Å². The van der Waals surface area contributed by atoms with Crippen LogP contribution >= 0.6 is 23.2 Å². The lowest BCUT2D eigenvalue weighted by atomic mass is 10.1. The average molecular weight is 317 g/mol. The zero-order chi connectivity index (χ0) is 14.7. The van der Waals surface area contributed by atoms with Gasteiger partial charge in [0.1, 0.15) is 6.10 Å². The van der Waals surface area contributed by atoms with Crippen LogP contribution in [0.2, 0.25) is 10.0 Å². The fourth-order valence-corrected chi connectivity index (χ4v) is 2.76. The Morgan fingerprint density at radius 1 is 1.45 bits per heavy atom. The molecule has 2 N–H and O–H groups in total. The van der Waals surface area contributed by atoms with Crippen molar-refractivity contribution in [1.29, 1.82) is 0 Å². The molecule has 4 nitrogen and oxygen atoms in total. The third-order valence-electron chi connectivity index (χ3n) is 3.44. The number of halogens is 2. The van der Waals surface area contributed by atoms with E-state index in [4.69, 9.17) is 33.7 Å². The molecule has 0 saturated carbocycles. The van der Waals surface area contributed by atoms with Crippen molar-refractivity contribution in [2.45, 2.75) is 31.6 Å². The largest absolute Gasteiger partial charge is 0.364 e. The van der Waals surface area contributed by atoms with Crippen LogP contribution in [-0.2, 0) is 16.1 Å². The summed E-state index contributed by atoms with van der Waals surface area (Å²) in [5.41, 5.74) is 6.41. The summed E-state index contributed by atoms with van der Waals surface area (Å²) >= 11 is 12.0. The molecule has 2 rings (SSSR count). The number of rotatable bonds is 4. The van der Waals surface area contributed by atoms with Crippen LogP contribution in [0.1, 0.15) is 18.4 Å². The average Bonchev–Trinajstić information content (AvgIpc) is 2.89. The van der Waals surface area contributed by atoms with Crippen LogP contribution < -0.4 is 5.73 Å². The molecule has 6 heteroatoms. The SMILES string of the molecule is CN(Cc1ccc(Cl)cc1Cl)C(=O)C1CCC(CN)O1. The summed E-state index contributed by atoms with van der Waals surface area (Å²) in [4.78, 5) is 13.9. The summed E-state index contributed by atoms with van der Waals surface area (Å²) in [5.74, 6) is -0.0352. The second-order valence-electron chi connectivity index (χ2n) is 4.99. The highest BCUT2D eigenvalue weighted by atomic mass is 35.5. The minimum absolute atomic E-state index is 0.00327. The van der Waals surface area contributed by atoms with Crippen LogP contribution in [0, 0.1) is 0 Å². The maximum Gasteiger partial charge on any atom is 0.251 e. The first kappa shape index (κ1) is 15.6. The van der Waals surface area contributed by atoms with Crippen molar-refractivity contribution in [2.75, 3.05) is 13.6 Å². The fourth-order valence-electron chi connectivity index (χ4n) is 2.29. The molecule has 20 heavy (non-hydrogen) atoms. The van der Waals surface area contributed by atoms with Crippen LogP contribution in [0.25, 0.3) is 0 Å². The Balaban J connectivity index is 1.97. The predicted octanol–water partition coefficient (Wildman–Crippen LogP) is 2.46. The zero-order valence-electron chi connectivity index (χ0n) is 11.3. The van der Waals surface area contributed by atoms with Crippen molar-refractivity contribution in [3.63, 3.8) is 0 Å². The van der Waals surface area contributed by atoms with Gasteiger partial charge in [-0.2, -0.15) is 0 Å². The molecule has 0 bridgehead atoms. The van der Waals surface area contributed by atoms with Gasteiger partial charge >= 0.3 is 0 Å². The highest BCUT2D eigenvalue weighted by Crippen LogP contribution is 2.24. The standard InChI is InChI=1S/C14H18Cl2N2O2/c1-18(8-9-2-3-10(15)6-12(9)16)14(19)13-5-4-11(7-17)20-13/h2-3,6,11,13H,4-5,7-8,17H2,1H3. The normalized spacial score (nSPS) is 22.0. The molecule has 1 aromatic rings.